The Bertz CT molecular complexity index is 286. The third kappa shape index (κ3) is 4.48. The van der Waals surface area contributed by atoms with Crippen LogP contribution in [0.5, 0.6) is 0 Å². The zero-order valence-corrected chi connectivity index (χ0v) is 12.3. The zero-order valence-electron chi connectivity index (χ0n) is 12.3. The van der Waals surface area contributed by atoms with E-state index in [1.54, 1.807) is 0 Å². The van der Waals surface area contributed by atoms with Gasteiger partial charge < -0.3 is 10.0 Å². The van der Waals surface area contributed by atoms with Crippen molar-refractivity contribution in [3.8, 4) is 0 Å². The molecule has 2 atom stereocenters. The highest BCUT2D eigenvalue weighted by molar-refractivity contribution is 5.66. The van der Waals surface area contributed by atoms with E-state index in [2.05, 4.69) is 11.8 Å². The first kappa shape index (κ1) is 14.8. The van der Waals surface area contributed by atoms with Crippen molar-refractivity contribution in [1.82, 2.24) is 4.90 Å². The molecule has 110 valence electrons. The number of rotatable bonds is 5. The highest BCUT2D eigenvalue weighted by Gasteiger charge is 2.29. The molecule has 0 aromatic rings. The normalized spacial score (nSPS) is 28.2. The summed E-state index contributed by atoms with van der Waals surface area (Å²) in [4.78, 5) is 13.3. The van der Waals surface area contributed by atoms with Gasteiger partial charge in [0.05, 0.1) is 0 Å². The topological polar surface area (TPSA) is 40.5 Å². The molecule has 2 rings (SSSR count). The minimum absolute atomic E-state index is 0.344. The van der Waals surface area contributed by atoms with Crippen molar-refractivity contribution in [2.45, 2.75) is 70.8 Å². The van der Waals surface area contributed by atoms with Crippen molar-refractivity contribution in [3.05, 3.63) is 0 Å². The molecule has 2 aliphatic rings. The minimum atomic E-state index is -0.641. The van der Waals surface area contributed by atoms with E-state index in [0.29, 0.717) is 18.4 Å². The number of nitrogens with zero attached hydrogens (tertiary/aromatic N) is 1. The summed E-state index contributed by atoms with van der Waals surface area (Å²) in [5.41, 5.74) is 0. The lowest BCUT2D eigenvalue weighted by atomic mass is 9.82. The molecule has 0 aromatic heterocycles. The SMILES string of the molecule is CC(C1CCCCC1)N1CCCC(CCC(=O)O)C1. The number of hydrogen-bond acceptors (Lipinski definition) is 2. The molecule has 0 aromatic carbocycles. The van der Waals surface area contributed by atoms with Crippen LogP contribution in [-0.2, 0) is 4.79 Å². The van der Waals surface area contributed by atoms with Gasteiger partial charge in [0.2, 0.25) is 0 Å². The summed E-state index contributed by atoms with van der Waals surface area (Å²) in [5, 5.41) is 8.81. The molecule has 1 heterocycles. The van der Waals surface area contributed by atoms with Gasteiger partial charge in [0.1, 0.15) is 0 Å². The maximum absolute atomic E-state index is 10.7. The van der Waals surface area contributed by atoms with E-state index in [-0.39, 0.29) is 0 Å². The fraction of sp³-hybridized carbons (Fsp3) is 0.938. The average molecular weight is 267 g/mol. The van der Waals surface area contributed by atoms with Gasteiger partial charge in [-0.15, -0.1) is 0 Å². The van der Waals surface area contributed by atoms with Gasteiger partial charge in [-0.1, -0.05) is 19.3 Å². The number of hydrogen-bond donors (Lipinski definition) is 1. The maximum Gasteiger partial charge on any atom is 0.303 e. The minimum Gasteiger partial charge on any atom is -0.481 e. The summed E-state index contributed by atoms with van der Waals surface area (Å²) < 4.78 is 0. The molecule has 0 radical (unpaired) electrons. The van der Waals surface area contributed by atoms with Gasteiger partial charge in [0.25, 0.3) is 0 Å². The van der Waals surface area contributed by atoms with Crippen LogP contribution in [0, 0.1) is 11.8 Å². The van der Waals surface area contributed by atoms with E-state index in [9.17, 15) is 4.79 Å². The molecule has 1 N–H and O–H groups in total. The van der Waals surface area contributed by atoms with Crippen LogP contribution in [0.15, 0.2) is 0 Å². The second-order valence-corrected chi connectivity index (χ2v) is 6.57. The van der Waals surface area contributed by atoms with E-state index in [4.69, 9.17) is 5.11 Å². The molecule has 0 amide bonds. The Balaban J connectivity index is 1.80. The summed E-state index contributed by atoms with van der Waals surface area (Å²) in [6.07, 6.45) is 10.7. The highest BCUT2D eigenvalue weighted by atomic mass is 16.4. The standard InChI is InChI=1S/C16H29NO2/c1-13(15-7-3-2-4-8-15)17-11-5-6-14(12-17)9-10-16(18)19/h13-15H,2-12H2,1H3,(H,18,19). The lowest BCUT2D eigenvalue weighted by Gasteiger charge is -2.41. The zero-order chi connectivity index (χ0) is 13.7. The molecule has 19 heavy (non-hydrogen) atoms. The van der Waals surface area contributed by atoms with Crippen molar-refractivity contribution in [2.75, 3.05) is 13.1 Å². The van der Waals surface area contributed by atoms with Gasteiger partial charge in [-0.2, -0.15) is 0 Å². The number of carboxylic acids is 1. The summed E-state index contributed by atoms with van der Waals surface area (Å²) in [7, 11) is 0. The molecule has 1 saturated heterocycles. The first-order valence-corrected chi connectivity index (χ1v) is 8.12. The van der Waals surface area contributed by atoms with Crippen LogP contribution in [0.1, 0.15) is 64.7 Å². The van der Waals surface area contributed by atoms with E-state index < -0.39 is 5.97 Å². The van der Waals surface area contributed by atoms with E-state index in [1.165, 1.54) is 51.5 Å². The molecule has 1 saturated carbocycles. The van der Waals surface area contributed by atoms with Crippen LogP contribution in [0.2, 0.25) is 0 Å². The van der Waals surface area contributed by atoms with Crippen molar-refractivity contribution in [1.29, 1.82) is 0 Å². The van der Waals surface area contributed by atoms with E-state index in [0.717, 1.165) is 18.9 Å². The molecule has 3 heteroatoms. The van der Waals surface area contributed by atoms with Gasteiger partial charge in [0.15, 0.2) is 0 Å². The van der Waals surface area contributed by atoms with Gasteiger partial charge >= 0.3 is 5.97 Å². The van der Waals surface area contributed by atoms with Crippen LogP contribution in [-0.4, -0.2) is 35.1 Å². The van der Waals surface area contributed by atoms with Crippen LogP contribution in [0.4, 0.5) is 0 Å². The van der Waals surface area contributed by atoms with Crippen molar-refractivity contribution in [2.24, 2.45) is 11.8 Å². The van der Waals surface area contributed by atoms with Gasteiger partial charge in [-0.05, 0) is 57.4 Å². The first-order valence-electron chi connectivity index (χ1n) is 8.12. The summed E-state index contributed by atoms with van der Waals surface area (Å²) >= 11 is 0. The Morgan fingerprint density at radius 1 is 1.21 bits per heavy atom. The predicted molar refractivity (Wildman–Crippen MR) is 77.2 cm³/mol. The fourth-order valence-electron chi connectivity index (χ4n) is 3.95. The quantitative estimate of drug-likeness (QED) is 0.828. The van der Waals surface area contributed by atoms with E-state index in [1.807, 2.05) is 0 Å². The largest absolute Gasteiger partial charge is 0.481 e. The van der Waals surface area contributed by atoms with Crippen LogP contribution < -0.4 is 0 Å². The number of carboxylic acid groups (broad SMARTS) is 1. The average Bonchev–Trinajstić information content (AvgIpc) is 2.45. The number of piperidine rings is 1. The van der Waals surface area contributed by atoms with Crippen molar-refractivity contribution in [3.63, 3.8) is 0 Å². The summed E-state index contributed by atoms with van der Waals surface area (Å²) in [5.74, 6) is 0.848. The molecule has 0 bridgehead atoms. The van der Waals surface area contributed by atoms with Crippen LogP contribution in [0.25, 0.3) is 0 Å². The molecular formula is C16H29NO2. The Kier molecular flexibility index (Phi) is 5.68. The highest BCUT2D eigenvalue weighted by Crippen LogP contribution is 2.31. The number of carbonyl (C=O) groups is 1. The van der Waals surface area contributed by atoms with Crippen molar-refractivity contribution < 1.29 is 9.90 Å². The second kappa shape index (κ2) is 7.28. The number of aliphatic carboxylic acids is 1. The van der Waals surface area contributed by atoms with Crippen molar-refractivity contribution >= 4 is 5.97 Å². The Labute approximate surface area is 117 Å². The predicted octanol–water partition coefficient (Wildman–Crippen LogP) is 3.53. The maximum atomic E-state index is 10.7. The smallest absolute Gasteiger partial charge is 0.303 e. The van der Waals surface area contributed by atoms with Gasteiger partial charge in [0, 0.05) is 19.0 Å². The van der Waals surface area contributed by atoms with E-state index >= 15 is 0 Å². The van der Waals surface area contributed by atoms with Gasteiger partial charge in [-0.25, -0.2) is 0 Å². The molecule has 2 unspecified atom stereocenters. The monoisotopic (exact) mass is 267 g/mol. The molecule has 0 spiro atoms. The van der Waals surface area contributed by atoms with Gasteiger partial charge in [-0.3, -0.25) is 4.79 Å². The molecule has 3 nitrogen and oxygen atoms in total. The molecular weight excluding hydrogens is 238 g/mol. The third-order valence-corrected chi connectivity index (χ3v) is 5.22. The first-order chi connectivity index (χ1) is 9.16. The number of likely N-dealkylation sites (tertiary alicyclic amines) is 1. The van der Waals surface area contributed by atoms with Crippen LogP contribution in [0.3, 0.4) is 0 Å². The summed E-state index contributed by atoms with van der Waals surface area (Å²) in [6, 6.07) is 0.702. The molecule has 1 aliphatic carbocycles. The lowest BCUT2D eigenvalue weighted by Crippen LogP contribution is -2.45. The second-order valence-electron chi connectivity index (χ2n) is 6.57. The Hall–Kier alpha value is -0.570. The lowest BCUT2D eigenvalue weighted by molar-refractivity contribution is -0.137. The fourth-order valence-corrected chi connectivity index (χ4v) is 3.95. The molecule has 1 aliphatic heterocycles. The van der Waals surface area contributed by atoms with Crippen LogP contribution >= 0.6 is 0 Å². The summed E-state index contributed by atoms with van der Waals surface area (Å²) in [6.45, 7) is 4.75. The Morgan fingerprint density at radius 2 is 1.95 bits per heavy atom. The Morgan fingerprint density at radius 3 is 2.63 bits per heavy atom. The molecule has 2 fully saturated rings. The third-order valence-electron chi connectivity index (χ3n) is 5.22.